The van der Waals surface area contributed by atoms with Crippen molar-refractivity contribution in [3.63, 3.8) is 0 Å². The maximum Gasteiger partial charge on any atom is 0.116 e. The third-order valence-corrected chi connectivity index (χ3v) is 1.19. The van der Waals surface area contributed by atoms with Crippen molar-refractivity contribution < 1.29 is 9.90 Å². The lowest BCUT2D eigenvalue weighted by Gasteiger charge is -2.09. The molecule has 0 aromatic heterocycles. The Bertz CT molecular complexity index is 69.7. The van der Waals surface area contributed by atoms with E-state index in [-0.39, 0.29) is 6.10 Å². The molecule has 2 nitrogen and oxygen atoms in total. The van der Waals surface area contributed by atoms with E-state index in [9.17, 15) is 0 Å². The first-order valence-electron chi connectivity index (χ1n) is 3.67. The first-order chi connectivity index (χ1) is 4.59. The molecule has 0 aliphatic heterocycles. The molecule has 0 saturated carbocycles. The van der Waals surface area contributed by atoms with Gasteiger partial charge in [0.05, 0.1) is 6.10 Å². The molecule has 2 heteroatoms. The van der Waals surface area contributed by atoms with Gasteiger partial charge in [0, 0.05) is 0 Å². The van der Waals surface area contributed by atoms with E-state index in [1.807, 2.05) is 20.8 Å². The second-order valence-corrected chi connectivity index (χ2v) is 2.46. The highest BCUT2D eigenvalue weighted by atomic mass is 16.3. The van der Waals surface area contributed by atoms with Gasteiger partial charge in [-0.3, -0.25) is 0 Å². The molecule has 0 radical (unpaired) electrons. The Morgan fingerprint density at radius 1 is 1.50 bits per heavy atom. The van der Waals surface area contributed by atoms with Gasteiger partial charge >= 0.3 is 0 Å². The van der Waals surface area contributed by atoms with E-state index in [1.54, 1.807) is 0 Å². The zero-order valence-electron chi connectivity index (χ0n) is 7.29. The van der Waals surface area contributed by atoms with Crippen LogP contribution in [0.2, 0.25) is 0 Å². The fourth-order valence-electron chi connectivity index (χ4n) is 0.471. The van der Waals surface area contributed by atoms with Crippen LogP contribution in [0.3, 0.4) is 0 Å². The van der Waals surface area contributed by atoms with Gasteiger partial charge in [0.1, 0.15) is 6.29 Å². The summed E-state index contributed by atoms with van der Waals surface area (Å²) in [6.07, 6.45) is 1.53. The smallest absolute Gasteiger partial charge is 0.116 e. The molecule has 62 valence electrons. The monoisotopic (exact) mass is 146 g/mol. The van der Waals surface area contributed by atoms with Crippen molar-refractivity contribution in [2.24, 2.45) is 5.92 Å². The molecule has 0 aromatic carbocycles. The molecule has 10 heavy (non-hydrogen) atoms. The van der Waals surface area contributed by atoms with Crippen LogP contribution in [0.1, 0.15) is 34.1 Å². The molecular weight excluding hydrogens is 128 g/mol. The third kappa shape index (κ3) is 10.6. The van der Waals surface area contributed by atoms with Gasteiger partial charge in [-0.15, -0.1) is 0 Å². The zero-order valence-corrected chi connectivity index (χ0v) is 7.29. The zero-order chi connectivity index (χ0) is 8.57. The highest BCUT2D eigenvalue weighted by Crippen LogP contribution is 2.02. The summed E-state index contributed by atoms with van der Waals surface area (Å²) in [4.78, 5) is 8.81. The number of hydrogen-bond donors (Lipinski definition) is 1. The Kier molecular flexibility index (Phi) is 10.6. The third-order valence-electron chi connectivity index (χ3n) is 1.19. The van der Waals surface area contributed by atoms with Crippen LogP contribution in [0.4, 0.5) is 0 Å². The fraction of sp³-hybridized carbons (Fsp3) is 0.875. The molecule has 0 fully saturated rings. The molecule has 0 spiro atoms. The van der Waals surface area contributed by atoms with Crippen molar-refractivity contribution in [3.05, 3.63) is 0 Å². The molecule has 0 bridgehead atoms. The van der Waals surface area contributed by atoms with Gasteiger partial charge in [0.25, 0.3) is 0 Å². The predicted octanol–water partition coefficient (Wildman–Crippen LogP) is 1.62. The van der Waals surface area contributed by atoms with Crippen LogP contribution in [-0.4, -0.2) is 17.5 Å². The molecule has 0 aliphatic carbocycles. The quantitative estimate of drug-likeness (QED) is 0.601. The Labute approximate surface area is 63.3 Å². The number of rotatable bonds is 2. The minimum Gasteiger partial charge on any atom is -0.393 e. The molecule has 1 N–H and O–H groups in total. The van der Waals surface area contributed by atoms with Crippen LogP contribution < -0.4 is 0 Å². The van der Waals surface area contributed by atoms with Crippen molar-refractivity contribution in [1.82, 2.24) is 0 Å². The summed E-state index contributed by atoms with van der Waals surface area (Å²) < 4.78 is 0. The molecular formula is C8H18O2. The molecule has 0 amide bonds. The molecule has 1 atom stereocenters. The second kappa shape index (κ2) is 8.63. The first-order valence-corrected chi connectivity index (χ1v) is 3.67. The van der Waals surface area contributed by atoms with Crippen LogP contribution in [-0.2, 0) is 4.79 Å². The van der Waals surface area contributed by atoms with E-state index in [0.29, 0.717) is 5.92 Å². The van der Waals surface area contributed by atoms with Gasteiger partial charge in [-0.25, -0.2) is 0 Å². The fourth-order valence-corrected chi connectivity index (χ4v) is 0.471. The summed E-state index contributed by atoms with van der Waals surface area (Å²) in [6, 6.07) is 0. The topological polar surface area (TPSA) is 37.3 Å². The Balaban J connectivity index is 0. The number of hydrogen-bond acceptors (Lipinski definition) is 2. The molecule has 0 aromatic rings. The van der Waals surface area contributed by atoms with Crippen molar-refractivity contribution in [1.29, 1.82) is 0 Å². The van der Waals surface area contributed by atoms with E-state index in [2.05, 4.69) is 0 Å². The van der Waals surface area contributed by atoms with Crippen LogP contribution in [0.15, 0.2) is 0 Å². The lowest BCUT2D eigenvalue weighted by atomic mass is 10.1. The summed E-state index contributed by atoms with van der Waals surface area (Å²) in [6.45, 7) is 7.48. The van der Waals surface area contributed by atoms with Gasteiger partial charge in [-0.1, -0.05) is 20.8 Å². The summed E-state index contributed by atoms with van der Waals surface area (Å²) >= 11 is 0. The highest BCUT2D eigenvalue weighted by Gasteiger charge is 2.03. The molecule has 0 aliphatic rings. The van der Waals surface area contributed by atoms with E-state index in [0.717, 1.165) is 12.7 Å². The SMILES string of the molecule is CC=O.CCC(O)C(C)C. The van der Waals surface area contributed by atoms with Gasteiger partial charge in [-0.2, -0.15) is 0 Å². The van der Waals surface area contributed by atoms with E-state index in [4.69, 9.17) is 9.90 Å². The Hall–Kier alpha value is -0.370. The predicted molar refractivity (Wildman–Crippen MR) is 42.9 cm³/mol. The van der Waals surface area contributed by atoms with Crippen LogP contribution in [0.25, 0.3) is 0 Å². The number of aliphatic hydroxyl groups is 1. The van der Waals surface area contributed by atoms with Crippen LogP contribution in [0, 0.1) is 5.92 Å². The van der Waals surface area contributed by atoms with Gasteiger partial charge in [0.15, 0.2) is 0 Å². The molecule has 0 heterocycles. The van der Waals surface area contributed by atoms with Crippen molar-refractivity contribution >= 4 is 6.29 Å². The molecule has 0 saturated heterocycles. The molecule has 1 unspecified atom stereocenters. The summed E-state index contributed by atoms with van der Waals surface area (Å²) in [5.74, 6) is 0.421. The maximum atomic E-state index is 8.94. The minimum absolute atomic E-state index is 0.0972. The van der Waals surface area contributed by atoms with Gasteiger partial charge in [-0.05, 0) is 19.3 Å². The summed E-state index contributed by atoms with van der Waals surface area (Å²) in [5.41, 5.74) is 0. The standard InChI is InChI=1S/C6H14O.C2H4O/c1-4-6(7)5(2)3;1-2-3/h5-7H,4H2,1-3H3;2H,1H3. The normalized spacial score (nSPS) is 11.8. The first kappa shape index (κ1) is 12.3. The maximum absolute atomic E-state index is 8.94. The van der Waals surface area contributed by atoms with Crippen LogP contribution in [0.5, 0.6) is 0 Å². The Morgan fingerprint density at radius 2 is 1.80 bits per heavy atom. The van der Waals surface area contributed by atoms with E-state index < -0.39 is 0 Å². The number of carbonyl (C=O) groups excluding carboxylic acids is 1. The number of carbonyl (C=O) groups is 1. The number of aldehydes is 1. The van der Waals surface area contributed by atoms with E-state index in [1.165, 1.54) is 6.92 Å². The lowest BCUT2D eigenvalue weighted by molar-refractivity contribution is -0.106. The van der Waals surface area contributed by atoms with Crippen LogP contribution >= 0.6 is 0 Å². The van der Waals surface area contributed by atoms with Gasteiger partial charge in [0.2, 0.25) is 0 Å². The number of aliphatic hydroxyl groups excluding tert-OH is 1. The van der Waals surface area contributed by atoms with E-state index >= 15 is 0 Å². The summed E-state index contributed by atoms with van der Waals surface area (Å²) in [5, 5.41) is 8.94. The van der Waals surface area contributed by atoms with Crippen molar-refractivity contribution in [3.8, 4) is 0 Å². The lowest BCUT2D eigenvalue weighted by Crippen LogP contribution is -2.11. The van der Waals surface area contributed by atoms with Crippen molar-refractivity contribution in [2.75, 3.05) is 0 Å². The largest absolute Gasteiger partial charge is 0.393 e. The van der Waals surface area contributed by atoms with Crippen molar-refractivity contribution in [2.45, 2.75) is 40.2 Å². The Morgan fingerprint density at radius 3 is 1.80 bits per heavy atom. The summed E-state index contributed by atoms with van der Waals surface area (Å²) in [7, 11) is 0. The molecule has 0 rings (SSSR count). The minimum atomic E-state index is -0.0972. The average molecular weight is 146 g/mol. The highest BCUT2D eigenvalue weighted by molar-refractivity contribution is 5.44. The average Bonchev–Trinajstić information content (AvgIpc) is 1.88. The van der Waals surface area contributed by atoms with Gasteiger partial charge < -0.3 is 9.90 Å². The second-order valence-electron chi connectivity index (χ2n) is 2.46.